The number of rotatable bonds is 3. The predicted molar refractivity (Wildman–Crippen MR) is 97.8 cm³/mol. The molecule has 1 saturated carbocycles. The van der Waals surface area contributed by atoms with E-state index in [4.69, 9.17) is 23.2 Å². The van der Waals surface area contributed by atoms with Crippen molar-refractivity contribution in [3.8, 4) is 0 Å². The zero-order chi connectivity index (χ0) is 16.5. The molecule has 2 unspecified atom stereocenters. The molecule has 0 bridgehead atoms. The molecule has 4 heteroatoms. The van der Waals surface area contributed by atoms with Crippen LogP contribution in [-0.4, -0.2) is 9.97 Å². The van der Waals surface area contributed by atoms with Crippen LogP contribution < -0.4 is 0 Å². The quantitative estimate of drug-likeness (QED) is 0.436. The van der Waals surface area contributed by atoms with Crippen molar-refractivity contribution >= 4 is 23.2 Å². The second kappa shape index (κ2) is 6.54. The average molecular weight is 355 g/mol. The molecule has 0 saturated heterocycles. The van der Waals surface area contributed by atoms with Crippen molar-refractivity contribution in [2.24, 2.45) is 0 Å². The molecule has 120 valence electrons. The van der Waals surface area contributed by atoms with Gasteiger partial charge in [0.1, 0.15) is 5.15 Å². The van der Waals surface area contributed by atoms with Crippen molar-refractivity contribution in [1.82, 2.24) is 9.97 Å². The van der Waals surface area contributed by atoms with Crippen LogP contribution in [0.4, 0.5) is 0 Å². The minimum atomic E-state index is 0.211. The van der Waals surface area contributed by atoms with Crippen molar-refractivity contribution in [2.45, 2.75) is 24.2 Å². The van der Waals surface area contributed by atoms with E-state index in [1.54, 1.807) is 0 Å². The van der Waals surface area contributed by atoms with Crippen molar-refractivity contribution in [2.75, 3.05) is 0 Å². The van der Waals surface area contributed by atoms with Gasteiger partial charge in [0.05, 0.1) is 5.69 Å². The molecule has 3 aromatic rings. The SMILES string of the molecule is Clc1cc(C2C(c3ccccc3)C[C@@H]2c2ccccc2)nc(Cl)n1. The van der Waals surface area contributed by atoms with Gasteiger partial charge in [-0.2, -0.15) is 0 Å². The molecule has 3 atom stereocenters. The largest absolute Gasteiger partial charge is 0.224 e. The highest BCUT2D eigenvalue weighted by Crippen LogP contribution is 2.57. The fourth-order valence-corrected chi connectivity index (χ4v) is 4.15. The van der Waals surface area contributed by atoms with Crippen LogP contribution in [-0.2, 0) is 0 Å². The van der Waals surface area contributed by atoms with Crippen LogP contribution in [0.15, 0.2) is 66.7 Å². The standard InChI is InChI=1S/C20H16Cl2N2/c21-18-12-17(23-20(22)24-18)19-15(13-7-3-1-4-8-13)11-16(19)14-9-5-2-6-10-14/h1-10,12,15-16,19H,11H2/t15-,16?,19?/m1/s1. The molecule has 0 radical (unpaired) electrons. The number of hydrogen-bond donors (Lipinski definition) is 0. The highest BCUT2D eigenvalue weighted by atomic mass is 35.5. The van der Waals surface area contributed by atoms with Gasteiger partial charge in [-0.3, -0.25) is 0 Å². The molecule has 24 heavy (non-hydrogen) atoms. The van der Waals surface area contributed by atoms with Crippen molar-refractivity contribution in [1.29, 1.82) is 0 Å². The molecule has 2 nitrogen and oxygen atoms in total. The van der Waals surface area contributed by atoms with E-state index in [1.807, 2.05) is 18.2 Å². The van der Waals surface area contributed by atoms with E-state index in [9.17, 15) is 0 Å². The Morgan fingerprint density at radius 1 is 0.750 bits per heavy atom. The predicted octanol–water partition coefficient (Wildman–Crippen LogP) is 5.84. The van der Waals surface area contributed by atoms with Gasteiger partial charge >= 0.3 is 0 Å². The molecule has 0 N–H and O–H groups in total. The number of benzene rings is 2. The maximum Gasteiger partial charge on any atom is 0.224 e. The molecular formula is C20H16Cl2N2. The van der Waals surface area contributed by atoms with E-state index >= 15 is 0 Å². The molecular weight excluding hydrogens is 339 g/mol. The molecule has 1 aromatic heterocycles. The fraction of sp³-hybridized carbons (Fsp3) is 0.200. The Balaban J connectivity index is 1.75. The molecule has 2 aromatic carbocycles. The zero-order valence-corrected chi connectivity index (χ0v) is 14.5. The van der Waals surface area contributed by atoms with Gasteiger partial charge in [-0.05, 0) is 47.1 Å². The Kier molecular flexibility index (Phi) is 4.26. The van der Waals surface area contributed by atoms with E-state index in [-0.39, 0.29) is 11.2 Å². The highest BCUT2D eigenvalue weighted by molar-refractivity contribution is 6.31. The first-order valence-corrected chi connectivity index (χ1v) is 8.78. The van der Waals surface area contributed by atoms with Gasteiger partial charge in [-0.15, -0.1) is 0 Å². The molecule has 0 spiro atoms. The highest BCUT2D eigenvalue weighted by Gasteiger charge is 2.44. The summed E-state index contributed by atoms with van der Waals surface area (Å²) in [5.41, 5.74) is 3.59. The number of aromatic nitrogens is 2. The van der Waals surface area contributed by atoms with E-state index in [1.165, 1.54) is 11.1 Å². The first-order chi connectivity index (χ1) is 11.7. The minimum absolute atomic E-state index is 0.211. The molecule has 1 heterocycles. The van der Waals surface area contributed by atoms with Gasteiger partial charge in [0.25, 0.3) is 0 Å². The molecule has 4 rings (SSSR count). The molecule has 1 fully saturated rings. The van der Waals surface area contributed by atoms with Crippen LogP contribution in [0, 0.1) is 0 Å². The Morgan fingerprint density at radius 2 is 1.29 bits per heavy atom. The topological polar surface area (TPSA) is 25.8 Å². The van der Waals surface area contributed by atoms with Crippen LogP contribution in [0.5, 0.6) is 0 Å². The molecule has 1 aliphatic carbocycles. The van der Waals surface area contributed by atoms with Crippen LogP contribution in [0.2, 0.25) is 10.4 Å². The van der Waals surface area contributed by atoms with Crippen molar-refractivity contribution < 1.29 is 0 Å². The summed E-state index contributed by atoms with van der Waals surface area (Å²) in [5, 5.41) is 0.610. The molecule has 0 amide bonds. The Morgan fingerprint density at radius 3 is 1.79 bits per heavy atom. The maximum absolute atomic E-state index is 6.13. The summed E-state index contributed by atoms with van der Waals surface area (Å²) >= 11 is 12.2. The lowest BCUT2D eigenvalue weighted by molar-refractivity contribution is 0.279. The lowest BCUT2D eigenvalue weighted by Gasteiger charge is -2.45. The van der Waals surface area contributed by atoms with Gasteiger partial charge in [-0.1, -0.05) is 72.3 Å². The first-order valence-electron chi connectivity index (χ1n) is 8.02. The van der Waals surface area contributed by atoms with Gasteiger partial charge < -0.3 is 0 Å². The summed E-state index contributed by atoms with van der Waals surface area (Å²) in [7, 11) is 0. The van der Waals surface area contributed by atoms with Crippen LogP contribution in [0.3, 0.4) is 0 Å². The normalized spacial score (nSPS) is 22.8. The van der Waals surface area contributed by atoms with E-state index < -0.39 is 0 Å². The third-order valence-electron chi connectivity index (χ3n) is 4.86. The van der Waals surface area contributed by atoms with Crippen LogP contribution >= 0.6 is 23.2 Å². The smallest absolute Gasteiger partial charge is 0.223 e. The number of hydrogen-bond acceptors (Lipinski definition) is 2. The second-order valence-corrected chi connectivity index (χ2v) is 6.91. The third-order valence-corrected chi connectivity index (χ3v) is 5.22. The zero-order valence-electron chi connectivity index (χ0n) is 12.9. The van der Waals surface area contributed by atoms with Crippen molar-refractivity contribution in [3.05, 3.63) is 94.0 Å². The van der Waals surface area contributed by atoms with Gasteiger partial charge in [-0.25, -0.2) is 9.97 Å². The second-order valence-electron chi connectivity index (χ2n) is 6.18. The lowest BCUT2D eigenvalue weighted by Crippen LogP contribution is -2.32. The summed E-state index contributed by atoms with van der Waals surface area (Å²) in [6.45, 7) is 0. The molecule has 0 aliphatic heterocycles. The van der Waals surface area contributed by atoms with E-state index in [0.29, 0.717) is 17.0 Å². The Bertz CT molecular complexity index is 771. The summed E-state index contributed by atoms with van der Waals surface area (Å²) in [5.74, 6) is 1.09. The fourth-order valence-electron chi connectivity index (χ4n) is 3.73. The van der Waals surface area contributed by atoms with Crippen LogP contribution in [0.1, 0.15) is 41.0 Å². The summed E-state index contributed by atoms with van der Waals surface area (Å²) in [4.78, 5) is 8.47. The van der Waals surface area contributed by atoms with E-state index in [2.05, 4.69) is 58.5 Å². The van der Waals surface area contributed by atoms with Gasteiger partial charge in [0.15, 0.2) is 0 Å². The average Bonchev–Trinajstić information content (AvgIpc) is 2.55. The molecule has 1 aliphatic rings. The van der Waals surface area contributed by atoms with E-state index in [0.717, 1.165) is 12.1 Å². The Labute approximate surface area is 151 Å². The number of nitrogens with zero attached hydrogens (tertiary/aromatic N) is 2. The van der Waals surface area contributed by atoms with Gasteiger partial charge in [0.2, 0.25) is 5.28 Å². The maximum atomic E-state index is 6.13. The summed E-state index contributed by atoms with van der Waals surface area (Å²) in [6, 6.07) is 23.0. The summed E-state index contributed by atoms with van der Waals surface area (Å²) < 4.78 is 0. The third kappa shape index (κ3) is 2.92. The van der Waals surface area contributed by atoms with Gasteiger partial charge in [0, 0.05) is 5.92 Å². The van der Waals surface area contributed by atoms with Crippen LogP contribution in [0.25, 0.3) is 0 Å². The number of halogens is 2. The monoisotopic (exact) mass is 354 g/mol. The summed E-state index contributed by atoms with van der Waals surface area (Å²) in [6.07, 6.45) is 1.10. The lowest BCUT2D eigenvalue weighted by atomic mass is 9.58. The minimum Gasteiger partial charge on any atom is -0.223 e. The van der Waals surface area contributed by atoms with Crippen molar-refractivity contribution in [3.63, 3.8) is 0 Å². The first kappa shape index (κ1) is 15.6. The Hall–Kier alpha value is -1.90.